The van der Waals surface area contributed by atoms with Gasteiger partial charge in [0, 0.05) is 15.6 Å². The summed E-state index contributed by atoms with van der Waals surface area (Å²) in [4.78, 5) is 32.7. The van der Waals surface area contributed by atoms with E-state index in [1.165, 1.54) is 9.44 Å². The van der Waals surface area contributed by atoms with Gasteiger partial charge in [0.25, 0.3) is 5.56 Å². The predicted octanol–water partition coefficient (Wildman–Crippen LogP) is 4.50. The van der Waals surface area contributed by atoms with Crippen molar-refractivity contribution in [1.82, 2.24) is 9.55 Å². The average molecular weight is 402 g/mol. The highest BCUT2D eigenvalue weighted by molar-refractivity contribution is 7.18. The Morgan fingerprint density at radius 3 is 2.70 bits per heavy atom. The van der Waals surface area contributed by atoms with Crippen LogP contribution in [0.5, 0.6) is 0 Å². The Bertz CT molecular complexity index is 1090. The minimum atomic E-state index is -0.663. The summed E-state index contributed by atoms with van der Waals surface area (Å²) in [5.41, 5.74) is 1.66. The van der Waals surface area contributed by atoms with Crippen molar-refractivity contribution in [2.24, 2.45) is 0 Å². The van der Waals surface area contributed by atoms with Crippen molar-refractivity contribution in [2.45, 2.75) is 45.6 Å². The van der Waals surface area contributed by atoms with Crippen molar-refractivity contribution >= 4 is 44.7 Å². The van der Waals surface area contributed by atoms with Crippen LogP contribution in [0.25, 0.3) is 10.2 Å². The second-order valence-corrected chi connectivity index (χ2v) is 8.42. The number of nitrogens with zero attached hydrogens (tertiary/aromatic N) is 2. The lowest BCUT2D eigenvalue weighted by Gasteiger charge is -2.18. The maximum atomic E-state index is 13.3. The number of thiophene rings is 1. The topological polar surface area (TPSA) is 64.0 Å². The molecule has 1 amide bonds. The molecular weight excluding hydrogens is 382 g/mol. The lowest BCUT2D eigenvalue weighted by atomic mass is 9.97. The van der Waals surface area contributed by atoms with Crippen molar-refractivity contribution in [2.75, 3.05) is 5.32 Å². The lowest BCUT2D eigenvalue weighted by molar-refractivity contribution is -0.118. The van der Waals surface area contributed by atoms with Gasteiger partial charge in [-0.1, -0.05) is 11.6 Å². The number of carbonyl (C=O) groups excluding carboxylic acids is 1. The summed E-state index contributed by atoms with van der Waals surface area (Å²) in [5, 5.41) is 4.15. The highest BCUT2D eigenvalue weighted by Gasteiger charge is 2.25. The van der Waals surface area contributed by atoms with Crippen LogP contribution in [0.2, 0.25) is 5.02 Å². The van der Waals surface area contributed by atoms with E-state index < -0.39 is 6.04 Å². The van der Waals surface area contributed by atoms with E-state index in [-0.39, 0.29) is 11.5 Å². The molecule has 0 bridgehead atoms. The number of benzene rings is 1. The van der Waals surface area contributed by atoms with Gasteiger partial charge in [0.2, 0.25) is 5.91 Å². The van der Waals surface area contributed by atoms with Crippen molar-refractivity contribution in [3.8, 4) is 0 Å². The number of fused-ring (bicyclic) bond motifs is 3. The van der Waals surface area contributed by atoms with Gasteiger partial charge < -0.3 is 5.32 Å². The molecule has 2 aromatic heterocycles. The second-order valence-electron chi connectivity index (χ2n) is 6.90. The summed E-state index contributed by atoms with van der Waals surface area (Å²) in [7, 11) is 0. The maximum absolute atomic E-state index is 13.3. The molecule has 5 nitrogen and oxygen atoms in total. The molecule has 1 aliphatic rings. The van der Waals surface area contributed by atoms with Gasteiger partial charge in [-0.25, -0.2) is 4.98 Å². The van der Waals surface area contributed by atoms with Crippen LogP contribution in [0.1, 0.15) is 42.1 Å². The third-order valence-electron chi connectivity index (χ3n) is 5.08. The fourth-order valence-electron chi connectivity index (χ4n) is 3.67. The summed E-state index contributed by atoms with van der Waals surface area (Å²) in [6, 6.07) is 6.23. The number of halogens is 1. The molecule has 27 heavy (non-hydrogen) atoms. The van der Waals surface area contributed by atoms with E-state index in [9.17, 15) is 9.59 Å². The van der Waals surface area contributed by atoms with Crippen LogP contribution in [-0.4, -0.2) is 15.5 Å². The SMILES string of the molecule is Cc1nc2sc3c(c2c(=O)n1C(C)C(=O)Nc1ccc(Cl)cc1)CCCC3. The highest BCUT2D eigenvalue weighted by atomic mass is 35.5. The van der Waals surface area contributed by atoms with Gasteiger partial charge in [0.15, 0.2) is 0 Å². The fourth-order valence-corrected chi connectivity index (χ4v) is 5.10. The molecule has 3 aromatic rings. The summed E-state index contributed by atoms with van der Waals surface area (Å²) >= 11 is 7.51. The zero-order chi connectivity index (χ0) is 19.1. The molecule has 7 heteroatoms. The normalized spacial score (nSPS) is 14.8. The number of hydrogen-bond acceptors (Lipinski definition) is 4. The van der Waals surface area contributed by atoms with Crippen LogP contribution in [0, 0.1) is 6.92 Å². The minimum Gasteiger partial charge on any atom is -0.324 e. The van der Waals surface area contributed by atoms with E-state index in [1.54, 1.807) is 49.4 Å². The quantitative estimate of drug-likeness (QED) is 0.702. The van der Waals surface area contributed by atoms with Gasteiger partial charge in [0.1, 0.15) is 16.7 Å². The molecule has 2 heterocycles. The molecule has 0 saturated carbocycles. The number of nitrogens with one attached hydrogen (secondary N) is 1. The summed E-state index contributed by atoms with van der Waals surface area (Å²) < 4.78 is 1.51. The van der Waals surface area contributed by atoms with E-state index >= 15 is 0 Å². The van der Waals surface area contributed by atoms with E-state index in [2.05, 4.69) is 10.3 Å². The maximum Gasteiger partial charge on any atom is 0.263 e. The van der Waals surface area contributed by atoms with Gasteiger partial charge in [-0.3, -0.25) is 14.2 Å². The van der Waals surface area contributed by atoms with Crippen molar-refractivity contribution in [3.63, 3.8) is 0 Å². The van der Waals surface area contributed by atoms with Crippen LogP contribution < -0.4 is 10.9 Å². The number of rotatable bonds is 3. The zero-order valence-electron chi connectivity index (χ0n) is 15.2. The van der Waals surface area contributed by atoms with Gasteiger partial charge in [0.05, 0.1) is 5.39 Å². The molecule has 4 rings (SSSR count). The molecule has 0 aliphatic heterocycles. The Balaban J connectivity index is 1.72. The van der Waals surface area contributed by atoms with Gasteiger partial charge in [-0.2, -0.15) is 0 Å². The Kier molecular flexibility index (Phi) is 4.78. The lowest BCUT2D eigenvalue weighted by Crippen LogP contribution is -2.34. The smallest absolute Gasteiger partial charge is 0.263 e. The van der Waals surface area contributed by atoms with Crippen LogP contribution in [0.3, 0.4) is 0 Å². The number of carbonyl (C=O) groups is 1. The first-order valence-corrected chi connectivity index (χ1v) is 10.2. The standard InChI is InChI=1S/C20H20ClN3O2S/c1-11(18(25)23-14-9-7-13(21)8-10-14)24-12(2)22-19-17(20(24)26)15-5-3-4-6-16(15)27-19/h7-11H,3-6H2,1-2H3,(H,23,25). The van der Waals surface area contributed by atoms with Gasteiger partial charge in [-0.15, -0.1) is 11.3 Å². The Hall–Kier alpha value is -2.18. The molecule has 1 atom stereocenters. The monoisotopic (exact) mass is 401 g/mol. The Morgan fingerprint density at radius 1 is 1.26 bits per heavy atom. The van der Waals surface area contributed by atoms with Crippen LogP contribution in [0.4, 0.5) is 5.69 Å². The van der Waals surface area contributed by atoms with Crippen LogP contribution in [0.15, 0.2) is 29.1 Å². The first kappa shape index (κ1) is 18.2. The molecule has 1 aromatic carbocycles. The first-order valence-electron chi connectivity index (χ1n) is 9.05. The van der Waals surface area contributed by atoms with Crippen molar-refractivity contribution in [3.05, 3.63) is 55.9 Å². The van der Waals surface area contributed by atoms with E-state index in [0.29, 0.717) is 21.9 Å². The number of anilines is 1. The molecule has 140 valence electrons. The highest BCUT2D eigenvalue weighted by Crippen LogP contribution is 2.34. The Labute approximate surface area is 166 Å². The largest absolute Gasteiger partial charge is 0.324 e. The molecule has 0 radical (unpaired) electrons. The second kappa shape index (κ2) is 7.09. The van der Waals surface area contributed by atoms with Crippen molar-refractivity contribution < 1.29 is 4.79 Å². The number of amides is 1. The molecule has 0 saturated heterocycles. The third-order valence-corrected chi connectivity index (χ3v) is 6.51. The fraction of sp³-hybridized carbons (Fsp3) is 0.350. The first-order chi connectivity index (χ1) is 13.0. The van der Waals surface area contributed by atoms with Crippen LogP contribution in [-0.2, 0) is 17.6 Å². The molecule has 1 unspecified atom stereocenters. The molecular formula is C20H20ClN3O2S. The predicted molar refractivity (Wildman–Crippen MR) is 110 cm³/mol. The zero-order valence-corrected chi connectivity index (χ0v) is 16.8. The van der Waals surface area contributed by atoms with E-state index in [1.807, 2.05) is 0 Å². The average Bonchev–Trinajstić information content (AvgIpc) is 3.01. The third kappa shape index (κ3) is 3.28. The summed E-state index contributed by atoms with van der Waals surface area (Å²) in [6.07, 6.45) is 4.19. The van der Waals surface area contributed by atoms with Crippen LogP contribution >= 0.6 is 22.9 Å². The van der Waals surface area contributed by atoms with Crippen molar-refractivity contribution in [1.29, 1.82) is 0 Å². The number of aromatic nitrogens is 2. The molecule has 1 aliphatic carbocycles. The number of aryl methyl sites for hydroxylation is 3. The number of hydrogen-bond donors (Lipinski definition) is 1. The van der Waals surface area contributed by atoms with Gasteiger partial charge in [-0.05, 0) is 69.4 Å². The minimum absolute atomic E-state index is 0.115. The van der Waals surface area contributed by atoms with E-state index in [0.717, 1.165) is 36.1 Å². The molecule has 1 N–H and O–H groups in total. The molecule has 0 fully saturated rings. The van der Waals surface area contributed by atoms with E-state index in [4.69, 9.17) is 11.6 Å². The summed E-state index contributed by atoms with van der Waals surface area (Å²) in [6.45, 7) is 3.51. The Morgan fingerprint density at radius 2 is 1.96 bits per heavy atom. The molecule has 0 spiro atoms. The van der Waals surface area contributed by atoms with Gasteiger partial charge >= 0.3 is 0 Å². The summed E-state index contributed by atoms with van der Waals surface area (Å²) in [5.74, 6) is 0.303.